The maximum absolute atomic E-state index is 16.4. The van der Waals surface area contributed by atoms with Gasteiger partial charge in [-0.25, -0.2) is 23.1 Å². The van der Waals surface area contributed by atoms with Gasteiger partial charge in [0.1, 0.15) is 41.9 Å². The van der Waals surface area contributed by atoms with E-state index in [9.17, 15) is 14.7 Å². The molecule has 0 radical (unpaired) electrons. The molecule has 1 aromatic carbocycles. The summed E-state index contributed by atoms with van der Waals surface area (Å²) in [5, 5.41) is 15.6. The molecule has 2 bridgehead atoms. The molecular formula is C36H40F2N6O5. The first-order chi connectivity index (χ1) is 23.6. The monoisotopic (exact) mass is 674 g/mol. The van der Waals surface area contributed by atoms with Crippen LogP contribution in [0.1, 0.15) is 33.6 Å². The van der Waals surface area contributed by atoms with E-state index in [1.54, 1.807) is 17.2 Å². The normalized spacial score (nSPS) is 23.8. The highest BCUT2D eigenvalue weighted by Gasteiger charge is 2.37. The Morgan fingerprint density at radius 2 is 2.02 bits per heavy atom. The number of nitrogens with one attached hydrogen (secondary N) is 1. The molecular weight excluding hydrogens is 634 g/mol. The van der Waals surface area contributed by atoms with Crippen LogP contribution in [0.2, 0.25) is 0 Å². The van der Waals surface area contributed by atoms with E-state index in [1.165, 1.54) is 34.9 Å². The summed E-state index contributed by atoms with van der Waals surface area (Å²) in [7, 11) is 0. The zero-order valence-corrected chi connectivity index (χ0v) is 27.7. The van der Waals surface area contributed by atoms with Crippen LogP contribution in [-0.2, 0) is 9.53 Å². The van der Waals surface area contributed by atoms with Crippen molar-refractivity contribution in [1.29, 1.82) is 0 Å². The number of fused-ring (bicyclic) bond motifs is 4. The number of carbonyl (C=O) groups excluding carboxylic acids is 1. The van der Waals surface area contributed by atoms with Crippen LogP contribution < -0.4 is 20.6 Å². The van der Waals surface area contributed by atoms with Crippen molar-refractivity contribution in [3.05, 3.63) is 76.9 Å². The van der Waals surface area contributed by atoms with Crippen molar-refractivity contribution in [2.75, 3.05) is 37.7 Å². The Balaban J connectivity index is 1.51. The quantitative estimate of drug-likeness (QED) is 0.376. The molecule has 1 aliphatic carbocycles. The van der Waals surface area contributed by atoms with Crippen molar-refractivity contribution in [2.45, 2.75) is 57.9 Å². The largest absolute Gasteiger partial charge is 0.490 e. The Kier molecular flexibility index (Phi) is 8.74. The molecule has 49 heavy (non-hydrogen) atoms. The highest BCUT2D eigenvalue weighted by atomic mass is 19.1. The fourth-order valence-electron chi connectivity index (χ4n) is 6.93. The molecule has 11 nitrogen and oxygen atoms in total. The Hall–Kier alpha value is -4.62. The number of piperazine rings is 1. The van der Waals surface area contributed by atoms with Gasteiger partial charge in [0, 0.05) is 31.2 Å². The fraction of sp³-hybridized carbons (Fsp3) is 0.444. The van der Waals surface area contributed by atoms with Crippen LogP contribution in [0, 0.1) is 23.5 Å². The molecule has 1 saturated carbocycles. The van der Waals surface area contributed by atoms with Crippen molar-refractivity contribution >= 4 is 28.5 Å². The maximum Gasteiger partial charge on any atom is 0.355 e. The predicted octanol–water partition coefficient (Wildman–Crippen LogP) is 3.86. The fourth-order valence-corrected chi connectivity index (χ4v) is 6.93. The van der Waals surface area contributed by atoms with E-state index in [-0.39, 0.29) is 58.3 Å². The van der Waals surface area contributed by atoms with E-state index in [0.717, 1.165) is 12.8 Å². The molecule has 258 valence electrons. The number of aliphatic hydroxyl groups excluding tert-OH is 1. The van der Waals surface area contributed by atoms with Gasteiger partial charge in [-0.05, 0) is 68.2 Å². The first-order valence-electron chi connectivity index (χ1n) is 16.8. The number of benzene rings is 1. The SMILES string of the molecule is C=CC(=O)N1CCN(c2nc(=O)n3c4nc(c(F)cc24)-c2c(F)cccc2OCC(OCC2CC2)C(O)C2=C3C(C(C)C)NC=C2)[C@@H](C)C1. The summed E-state index contributed by atoms with van der Waals surface area (Å²) in [6.45, 7) is 10.6. The number of halogens is 2. The molecule has 2 N–H and O–H groups in total. The second kappa shape index (κ2) is 13.0. The average molecular weight is 675 g/mol. The minimum atomic E-state index is -1.26. The number of dihydropyridines is 1. The van der Waals surface area contributed by atoms with Crippen molar-refractivity contribution in [3.63, 3.8) is 0 Å². The number of ether oxygens (including phenoxy) is 2. The number of amides is 1. The van der Waals surface area contributed by atoms with Crippen LogP contribution >= 0.6 is 0 Å². The number of hydrogen-bond acceptors (Lipinski definition) is 9. The summed E-state index contributed by atoms with van der Waals surface area (Å²) in [5.41, 5.74) is -0.429. The van der Waals surface area contributed by atoms with Crippen molar-refractivity contribution < 1.29 is 28.2 Å². The smallest absolute Gasteiger partial charge is 0.355 e. The Morgan fingerprint density at radius 1 is 1.22 bits per heavy atom. The molecule has 0 spiro atoms. The second-order valence-electron chi connectivity index (χ2n) is 13.5. The topological polar surface area (TPSA) is 122 Å². The van der Waals surface area contributed by atoms with Gasteiger partial charge >= 0.3 is 5.69 Å². The third-order valence-electron chi connectivity index (χ3n) is 9.75. The van der Waals surface area contributed by atoms with E-state index < -0.39 is 35.6 Å². The number of hydrogen-bond donors (Lipinski definition) is 2. The summed E-state index contributed by atoms with van der Waals surface area (Å²) in [5.74, 6) is -1.32. The number of aromatic nitrogens is 3. The van der Waals surface area contributed by atoms with Gasteiger partial charge in [-0.15, -0.1) is 0 Å². The molecule has 7 rings (SSSR count). The van der Waals surface area contributed by atoms with Crippen LogP contribution in [0.4, 0.5) is 14.6 Å². The standard InChI is InChI=1S/C36H40F2N6O5/c1-5-28(45)42-13-14-43(20(4)16-42)34-23-15-25(38)31-29-24(37)7-6-8-26(29)49-18-27(48-17-21-9-10-21)33(46)22-11-12-39-30(19(2)3)32(22)44(35(23)40-31)36(47)41-34/h5-8,11-12,15,19-21,27,30,33,39,46H,1,9-10,13-14,16-18H2,2-4H3/t20-,27?,30?,33?/m0/s1. The van der Waals surface area contributed by atoms with Gasteiger partial charge in [0.05, 0.1) is 29.3 Å². The zero-order valence-electron chi connectivity index (χ0n) is 27.7. The van der Waals surface area contributed by atoms with Gasteiger partial charge in [-0.1, -0.05) is 26.5 Å². The van der Waals surface area contributed by atoms with Crippen LogP contribution in [0.15, 0.2) is 59.6 Å². The Morgan fingerprint density at radius 3 is 2.73 bits per heavy atom. The third-order valence-corrected chi connectivity index (χ3v) is 9.75. The van der Waals surface area contributed by atoms with Crippen LogP contribution in [0.5, 0.6) is 5.75 Å². The molecule has 13 heteroatoms. The lowest BCUT2D eigenvalue weighted by Gasteiger charge is -2.40. The summed E-state index contributed by atoms with van der Waals surface area (Å²) in [6.07, 6.45) is 4.56. The lowest BCUT2D eigenvalue weighted by Crippen LogP contribution is -2.54. The highest BCUT2D eigenvalue weighted by molar-refractivity contribution is 5.92. The molecule has 3 unspecified atom stereocenters. The predicted molar refractivity (Wildman–Crippen MR) is 181 cm³/mol. The van der Waals surface area contributed by atoms with Crippen LogP contribution in [0.25, 0.3) is 28.0 Å². The Labute approximate surface area is 282 Å². The zero-order chi connectivity index (χ0) is 34.6. The number of nitrogens with zero attached hydrogens (tertiary/aromatic N) is 5. The molecule has 1 saturated heterocycles. The van der Waals surface area contributed by atoms with E-state index in [2.05, 4.69) is 16.9 Å². The second-order valence-corrected chi connectivity index (χ2v) is 13.5. The number of aliphatic hydroxyl groups is 1. The lowest BCUT2D eigenvalue weighted by molar-refractivity contribution is -0.126. The molecule has 3 aliphatic heterocycles. The van der Waals surface area contributed by atoms with Gasteiger partial charge in [0.15, 0.2) is 11.5 Å². The van der Waals surface area contributed by atoms with E-state index in [4.69, 9.17) is 14.5 Å². The average Bonchev–Trinajstić information content (AvgIpc) is 3.91. The number of pyridine rings is 1. The Bertz CT molecular complexity index is 1940. The summed E-state index contributed by atoms with van der Waals surface area (Å²) >= 11 is 0. The van der Waals surface area contributed by atoms with Gasteiger partial charge < -0.3 is 29.7 Å². The van der Waals surface area contributed by atoms with Crippen molar-refractivity contribution in [1.82, 2.24) is 24.8 Å². The third kappa shape index (κ3) is 5.99. The molecule has 2 aromatic heterocycles. The first kappa shape index (κ1) is 32.9. The lowest BCUT2D eigenvalue weighted by atomic mass is 9.90. The molecule has 3 aromatic rings. The van der Waals surface area contributed by atoms with E-state index in [1.807, 2.05) is 25.7 Å². The van der Waals surface area contributed by atoms with Crippen molar-refractivity contribution in [3.8, 4) is 17.0 Å². The molecule has 4 aliphatic rings. The molecule has 1 amide bonds. The highest BCUT2D eigenvalue weighted by Crippen LogP contribution is 2.39. The summed E-state index contributed by atoms with van der Waals surface area (Å²) < 4.78 is 45.8. The minimum Gasteiger partial charge on any atom is -0.490 e. The molecule has 2 fully saturated rings. The molecule has 5 heterocycles. The van der Waals surface area contributed by atoms with Gasteiger partial charge in [-0.3, -0.25) is 4.79 Å². The minimum absolute atomic E-state index is 0.0217. The first-order valence-corrected chi connectivity index (χ1v) is 16.8. The summed E-state index contributed by atoms with van der Waals surface area (Å²) in [4.78, 5) is 39.6. The van der Waals surface area contributed by atoms with Crippen LogP contribution in [0.3, 0.4) is 0 Å². The number of carbonyl (C=O) groups is 1. The summed E-state index contributed by atoms with van der Waals surface area (Å²) in [6, 6.07) is 4.59. The van der Waals surface area contributed by atoms with Gasteiger partial charge in [-0.2, -0.15) is 4.98 Å². The van der Waals surface area contributed by atoms with Crippen LogP contribution in [-0.4, -0.2) is 87.6 Å². The molecule has 4 atom stereocenters. The number of rotatable bonds is 6. The van der Waals surface area contributed by atoms with E-state index in [0.29, 0.717) is 43.4 Å². The maximum atomic E-state index is 16.4. The van der Waals surface area contributed by atoms with Gasteiger partial charge in [0.25, 0.3) is 0 Å². The number of anilines is 1. The van der Waals surface area contributed by atoms with E-state index >= 15 is 8.78 Å². The van der Waals surface area contributed by atoms with Crippen molar-refractivity contribution in [2.24, 2.45) is 11.8 Å². The van der Waals surface area contributed by atoms with Gasteiger partial charge in [0.2, 0.25) is 5.91 Å².